The van der Waals surface area contributed by atoms with Crippen molar-refractivity contribution in [3.05, 3.63) is 41.4 Å². The number of rotatable bonds is 9. The fourth-order valence-corrected chi connectivity index (χ4v) is 3.25. The Kier molecular flexibility index (Phi) is 7.31. The van der Waals surface area contributed by atoms with Gasteiger partial charge in [-0.15, -0.1) is 0 Å². The normalized spacial score (nSPS) is 12.1. The zero-order valence-electron chi connectivity index (χ0n) is 14.5. The standard InChI is InChI=1S/C18H25N3O2S/c1-4-5-6-8-13(2)20-17(22)16-9-7-10-19-18(16)24-12-15-11-14(3)23-21-15/h7,9-11,13H,4-6,8,12H2,1-3H3,(H,20,22). The maximum absolute atomic E-state index is 12.5. The van der Waals surface area contributed by atoms with Crippen molar-refractivity contribution >= 4 is 17.7 Å². The monoisotopic (exact) mass is 347 g/mol. The first-order valence-electron chi connectivity index (χ1n) is 8.41. The van der Waals surface area contributed by atoms with E-state index in [1.165, 1.54) is 24.6 Å². The Morgan fingerprint density at radius 3 is 2.96 bits per heavy atom. The van der Waals surface area contributed by atoms with Gasteiger partial charge in [-0.1, -0.05) is 43.1 Å². The van der Waals surface area contributed by atoms with E-state index in [1.807, 2.05) is 19.1 Å². The second kappa shape index (κ2) is 9.47. The van der Waals surface area contributed by atoms with Gasteiger partial charge >= 0.3 is 0 Å². The summed E-state index contributed by atoms with van der Waals surface area (Å²) in [5.41, 5.74) is 1.47. The summed E-state index contributed by atoms with van der Waals surface area (Å²) in [6.45, 7) is 6.09. The van der Waals surface area contributed by atoms with Crippen molar-refractivity contribution in [2.24, 2.45) is 0 Å². The molecule has 0 fully saturated rings. The number of aromatic nitrogens is 2. The van der Waals surface area contributed by atoms with E-state index in [-0.39, 0.29) is 11.9 Å². The zero-order chi connectivity index (χ0) is 17.4. The molecule has 2 aromatic heterocycles. The summed E-state index contributed by atoms with van der Waals surface area (Å²) in [5.74, 6) is 1.34. The van der Waals surface area contributed by atoms with Gasteiger partial charge in [-0.05, 0) is 32.4 Å². The number of hydrogen-bond donors (Lipinski definition) is 1. The first-order chi connectivity index (χ1) is 11.6. The molecule has 0 bridgehead atoms. The molecule has 1 amide bonds. The van der Waals surface area contributed by atoms with Crippen LogP contribution in [0.15, 0.2) is 33.9 Å². The van der Waals surface area contributed by atoms with Gasteiger partial charge in [-0.3, -0.25) is 4.79 Å². The third-order valence-corrected chi connectivity index (χ3v) is 4.71. The van der Waals surface area contributed by atoms with Crippen LogP contribution >= 0.6 is 11.8 Å². The summed E-state index contributed by atoms with van der Waals surface area (Å²) >= 11 is 1.50. The predicted octanol–water partition coefficient (Wildman–Crippen LogP) is 4.37. The SMILES string of the molecule is CCCCCC(C)NC(=O)c1cccnc1SCc1cc(C)on1. The lowest BCUT2D eigenvalue weighted by atomic mass is 10.1. The average molecular weight is 347 g/mol. The second-order valence-electron chi connectivity index (χ2n) is 5.94. The summed E-state index contributed by atoms with van der Waals surface area (Å²) in [7, 11) is 0. The number of unbranched alkanes of at least 4 members (excludes halogenated alkanes) is 2. The van der Waals surface area contributed by atoms with Crippen molar-refractivity contribution in [1.29, 1.82) is 0 Å². The maximum Gasteiger partial charge on any atom is 0.254 e. The molecule has 0 aromatic carbocycles. The van der Waals surface area contributed by atoms with Crippen LogP contribution in [-0.2, 0) is 5.75 Å². The van der Waals surface area contributed by atoms with Crippen LogP contribution in [0.2, 0.25) is 0 Å². The molecule has 2 aromatic rings. The highest BCUT2D eigenvalue weighted by molar-refractivity contribution is 7.98. The minimum Gasteiger partial charge on any atom is -0.361 e. The van der Waals surface area contributed by atoms with Crippen molar-refractivity contribution in [3.63, 3.8) is 0 Å². The van der Waals surface area contributed by atoms with Crippen LogP contribution in [-0.4, -0.2) is 22.1 Å². The van der Waals surface area contributed by atoms with Crippen LogP contribution < -0.4 is 5.32 Å². The number of carbonyl (C=O) groups excluding carboxylic acids is 1. The van der Waals surface area contributed by atoms with Gasteiger partial charge in [0.05, 0.1) is 11.3 Å². The molecule has 1 N–H and O–H groups in total. The van der Waals surface area contributed by atoms with Crippen LogP contribution in [0.3, 0.4) is 0 Å². The topological polar surface area (TPSA) is 68.0 Å². The Bertz CT molecular complexity index is 657. The molecule has 0 saturated heterocycles. The summed E-state index contributed by atoms with van der Waals surface area (Å²) in [6, 6.07) is 5.67. The summed E-state index contributed by atoms with van der Waals surface area (Å²) < 4.78 is 5.07. The molecule has 0 aliphatic heterocycles. The molecular weight excluding hydrogens is 322 g/mol. The highest BCUT2D eigenvalue weighted by atomic mass is 32.2. The summed E-state index contributed by atoms with van der Waals surface area (Å²) in [6.07, 6.45) is 6.23. The lowest BCUT2D eigenvalue weighted by Gasteiger charge is -2.14. The van der Waals surface area contributed by atoms with E-state index in [2.05, 4.69) is 29.3 Å². The molecule has 6 heteroatoms. The number of nitrogens with one attached hydrogen (secondary N) is 1. The molecule has 2 rings (SSSR count). The van der Waals surface area contributed by atoms with Gasteiger partial charge in [0.1, 0.15) is 10.8 Å². The van der Waals surface area contributed by atoms with Crippen molar-refractivity contribution in [2.45, 2.75) is 63.3 Å². The van der Waals surface area contributed by atoms with Gasteiger partial charge in [0.2, 0.25) is 0 Å². The first-order valence-corrected chi connectivity index (χ1v) is 9.39. The average Bonchev–Trinajstić information content (AvgIpc) is 2.99. The van der Waals surface area contributed by atoms with Crippen molar-refractivity contribution in [2.75, 3.05) is 0 Å². The lowest BCUT2D eigenvalue weighted by Crippen LogP contribution is -2.32. The zero-order valence-corrected chi connectivity index (χ0v) is 15.4. The lowest BCUT2D eigenvalue weighted by molar-refractivity contribution is 0.0934. The van der Waals surface area contributed by atoms with Gasteiger partial charge < -0.3 is 9.84 Å². The quantitative estimate of drug-likeness (QED) is 0.539. The van der Waals surface area contributed by atoms with Gasteiger partial charge in [0, 0.05) is 24.1 Å². The van der Waals surface area contributed by atoms with E-state index in [1.54, 1.807) is 12.3 Å². The minimum atomic E-state index is -0.0640. The molecule has 0 aliphatic carbocycles. The molecule has 24 heavy (non-hydrogen) atoms. The number of pyridine rings is 1. The van der Waals surface area contributed by atoms with Crippen LogP contribution in [0.4, 0.5) is 0 Å². The van der Waals surface area contributed by atoms with E-state index < -0.39 is 0 Å². The van der Waals surface area contributed by atoms with E-state index in [0.29, 0.717) is 11.3 Å². The largest absolute Gasteiger partial charge is 0.361 e. The Labute approximate surface area is 147 Å². The third-order valence-electron chi connectivity index (χ3n) is 3.67. The first kappa shape index (κ1) is 18.5. The number of carbonyl (C=O) groups is 1. The predicted molar refractivity (Wildman–Crippen MR) is 96.1 cm³/mol. The van der Waals surface area contributed by atoms with E-state index in [4.69, 9.17) is 4.52 Å². The molecule has 1 atom stereocenters. The smallest absolute Gasteiger partial charge is 0.254 e. The fourth-order valence-electron chi connectivity index (χ4n) is 2.38. The Morgan fingerprint density at radius 2 is 2.25 bits per heavy atom. The molecule has 0 radical (unpaired) electrons. The molecule has 5 nitrogen and oxygen atoms in total. The Morgan fingerprint density at radius 1 is 1.42 bits per heavy atom. The molecule has 0 spiro atoms. The maximum atomic E-state index is 12.5. The van der Waals surface area contributed by atoms with E-state index in [9.17, 15) is 4.79 Å². The van der Waals surface area contributed by atoms with Gasteiger partial charge in [-0.2, -0.15) is 0 Å². The van der Waals surface area contributed by atoms with Crippen LogP contribution in [0.1, 0.15) is 61.3 Å². The Hall–Kier alpha value is -1.82. The van der Waals surface area contributed by atoms with E-state index >= 15 is 0 Å². The summed E-state index contributed by atoms with van der Waals surface area (Å²) in [5, 5.41) is 7.76. The van der Waals surface area contributed by atoms with Crippen LogP contribution in [0.5, 0.6) is 0 Å². The highest BCUT2D eigenvalue weighted by Gasteiger charge is 2.15. The third kappa shape index (κ3) is 5.67. The highest BCUT2D eigenvalue weighted by Crippen LogP contribution is 2.24. The molecule has 130 valence electrons. The molecule has 1 unspecified atom stereocenters. The van der Waals surface area contributed by atoms with Crippen LogP contribution in [0, 0.1) is 6.92 Å². The number of thioether (sulfide) groups is 1. The number of aryl methyl sites for hydroxylation is 1. The van der Waals surface area contributed by atoms with Gasteiger partial charge in [0.15, 0.2) is 0 Å². The number of amides is 1. The molecule has 2 heterocycles. The second-order valence-corrected chi connectivity index (χ2v) is 6.91. The minimum absolute atomic E-state index is 0.0640. The van der Waals surface area contributed by atoms with Crippen LogP contribution in [0.25, 0.3) is 0 Å². The molecular formula is C18H25N3O2S. The molecule has 0 saturated carbocycles. The van der Waals surface area contributed by atoms with Gasteiger partial charge in [-0.25, -0.2) is 4.98 Å². The Balaban J connectivity index is 1.95. The molecule has 0 aliphatic rings. The summed E-state index contributed by atoms with van der Waals surface area (Å²) in [4.78, 5) is 16.9. The van der Waals surface area contributed by atoms with Crippen molar-refractivity contribution in [3.8, 4) is 0 Å². The number of nitrogens with zero attached hydrogens (tertiary/aromatic N) is 2. The fraction of sp³-hybridized carbons (Fsp3) is 0.500. The van der Waals surface area contributed by atoms with Gasteiger partial charge in [0.25, 0.3) is 5.91 Å². The van der Waals surface area contributed by atoms with Crippen molar-refractivity contribution < 1.29 is 9.32 Å². The number of hydrogen-bond acceptors (Lipinski definition) is 5. The van der Waals surface area contributed by atoms with E-state index in [0.717, 1.165) is 29.3 Å². The van der Waals surface area contributed by atoms with Crippen molar-refractivity contribution in [1.82, 2.24) is 15.5 Å².